The highest BCUT2D eigenvalue weighted by Crippen LogP contribution is 2.16. The Morgan fingerprint density at radius 3 is 2.95 bits per heavy atom. The van der Waals surface area contributed by atoms with Crippen LogP contribution in [-0.4, -0.2) is 34.7 Å². The molecule has 1 aromatic carbocycles. The van der Waals surface area contributed by atoms with E-state index in [0.717, 1.165) is 38.2 Å². The number of hydrogen-bond acceptors (Lipinski definition) is 4. The summed E-state index contributed by atoms with van der Waals surface area (Å²) in [6, 6.07) is 7.07. The van der Waals surface area contributed by atoms with E-state index in [4.69, 9.17) is 4.74 Å². The fourth-order valence-electron chi connectivity index (χ4n) is 2.38. The minimum atomic E-state index is -3.42. The molecular formula is C15H24N2O3S. The quantitative estimate of drug-likeness (QED) is 0.763. The molecule has 1 heterocycles. The first-order valence-electron chi connectivity index (χ1n) is 7.49. The Hall–Kier alpha value is -0.950. The van der Waals surface area contributed by atoms with Gasteiger partial charge < -0.3 is 10.1 Å². The summed E-state index contributed by atoms with van der Waals surface area (Å²) in [6.45, 7) is 5.57. The topological polar surface area (TPSA) is 67.4 Å². The van der Waals surface area contributed by atoms with Gasteiger partial charge in [-0.05, 0) is 43.0 Å². The van der Waals surface area contributed by atoms with E-state index in [-0.39, 0.29) is 0 Å². The van der Waals surface area contributed by atoms with Crippen molar-refractivity contribution in [3.63, 3.8) is 0 Å². The van der Waals surface area contributed by atoms with Crippen molar-refractivity contribution in [2.75, 3.05) is 26.3 Å². The van der Waals surface area contributed by atoms with Crippen molar-refractivity contribution in [3.05, 3.63) is 29.8 Å². The molecule has 1 atom stereocenters. The van der Waals surface area contributed by atoms with Gasteiger partial charge in [0.2, 0.25) is 10.0 Å². The SMILES string of the molecule is CCNCc1cccc(S(=O)(=O)NCCC2CCOC2)c1. The van der Waals surface area contributed by atoms with E-state index in [1.54, 1.807) is 18.2 Å². The molecule has 1 unspecified atom stereocenters. The minimum Gasteiger partial charge on any atom is -0.381 e. The standard InChI is InChI=1S/C15H24N2O3S/c1-2-16-11-14-4-3-5-15(10-14)21(18,19)17-8-6-13-7-9-20-12-13/h3-5,10,13,16-17H,2,6-9,11-12H2,1H3. The van der Waals surface area contributed by atoms with Crippen molar-refractivity contribution in [1.82, 2.24) is 10.0 Å². The minimum absolute atomic E-state index is 0.334. The summed E-state index contributed by atoms with van der Waals surface area (Å²) in [6.07, 6.45) is 1.86. The van der Waals surface area contributed by atoms with Crippen molar-refractivity contribution in [2.24, 2.45) is 5.92 Å². The molecule has 0 radical (unpaired) electrons. The van der Waals surface area contributed by atoms with Gasteiger partial charge >= 0.3 is 0 Å². The van der Waals surface area contributed by atoms with Crippen LogP contribution in [0.25, 0.3) is 0 Å². The smallest absolute Gasteiger partial charge is 0.240 e. The molecule has 0 aliphatic carbocycles. The number of ether oxygens (including phenoxy) is 1. The summed E-state index contributed by atoms with van der Waals surface area (Å²) >= 11 is 0. The average molecular weight is 312 g/mol. The Morgan fingerprint density at radius 1 is 1.38 bits per heavy atom. The molecule has 0 bridgehead atoms. The van der Waals surface area contributed by atoms with Gasteiger partial charge in [0.25, 0.3) is 0 Å². The third-order valence-electron chi connectivity index (χ3n) is 3.66. The summed E-state index contributed by atoms with van der Waals surface area (Å²) in [4.78, 5) is 0.334. The predicted molar refractivity (Wildman–Crippen MR) is 82.6 cm³/mol. The Bertz CT molecular complexity index is 540. The lowest BCUT2D eigenvalue weighted by molar-refractivity contribution is 0.184. The van der Waals surface area contributed by atoms with Crippen molar-refractivity contribution in [1.29, 1.82) is 0 Å². The van der Waals surface area contributed by atoms with Crippen molar-refractivity contribution < 1.29 is 13.2 Å². The predicted octanol–water partition coefficient (Wildman–Crippen LogP) is 1.50. The maximum atomic E-state index is 12.3. The van der Waals surface area contributed by atoms with E-state index in [2.05, 4.69) is 10.0 Å². The zero-order valence-electron chi connectivity index (χ0n) is 12.5. The van der Waals surface area contributed by atoms with E-state index in [1.807, 2.05) is 13.0 Å². The molecule has 0 spiro atoms. The van der Waals surface area contributed by atoms with Crippen LogP contribution in [0.15, 0.2) is 29.2 Å². The van der Waals surface area contributed by atoms with Crippen LogP contribution in [0.3, 0.4) is 0 Å². The molecule has 21 heavy (non-hydrogen) atoms. The largest absolute Gasteiger partial charge is 0.381 e. The summed E-state index contributed by atoms with van der Waals surface area (Å²) in [5, 5.41) is 3.19. The molecule has 1 aliphatic heterocycles. The molecule has 118 valence electrons. The number of benzene rings is 1. The van der Waals surface area contributed by atoms with Crippen molar-refractivity contribution in [3.8, 4) is 0 Å². The van der Waals surface area contributed by atoms with E-state index in [1.165, 1.54) is 0 Å². The lowest BCUT2D eigenvalue weighted by Gasteiger charge is -2.10. The maximum absolute atomic E-state index is 12.3. The van der Waals surface area contributed by atoms with Gasteiger partial charge in [-0.25, -0.2) is 13.1 Å². The first kappa shape index (κ1) is 16.4. The van der Waals surface area contributed by atoms with Gasteiger partial charge in [0.1, 0.15) is 0 Å². The summed E-state index contributed by atoms with van der Waals surface area (Å²) < 4.78 is 32.5. The van der Waals surface area contributed by atoms with Gasteiger partial charge in [-0.15, -0.1) is 0 Å². The molecule has 1 aliphatic rings. The Balaban J connectivity index is 1.91. The molecule has 2 rings (SSSR count). The van der Waals surface area contributed by atoms with Crippen LogP contribution in [0, 0.1) is 5.92 Å². The Kier molecular flexibility index (Phi) is 6.17. The Morgan fingerprint density at radius 2 is 2.24 bits per heavy atom. The fraction of sp³-hybridized carbons (Fsp3) is 0.600. The molecule has 0 aromatic heterocycles. The number of sulfonamides is 1. The third-order valence-corrected chi connectivity index (χ3v) is 5.12. The lowest BCUT2D eigenvalue weighted by atomic mass is 10.1. The monoisotopic (exact) mass is 312 g/mol. The fourth-order valence-corrected chi connectivity index (χ4v) is 3.50. The van der Waals surface area contributed by atoms with Crippen LogP contribution >= 0.6 is 0 Å². The highest BCUT2D eigenvalue weighted by molar-refractivity contribution is 7.89. The first-order valence-corrected chi connectivity index (χ1v) is 8.97. The highest BCUT2D eigenvalue weighted by atomic mass is 32.2. The molecule has 0 amide bonds. The molecule has 0 saturated carbocycles. The van der Waals surface area contributed by atoms with E-state index < -0.39 is 10.0 Å². The second-order valence-electron chi connectivity index (χ2n) is 5.34. The molecule has 5 nitrogen and oxygen atoms in total. The van der Waals surface area contributed by atoms with Gasteiger partial charge in [-0.3, -0.25) is 0 Å². The van der Waals surface area contributed by atoms with Gasteiger partial charge in [-0.1, -0.05) is 19.1 Å². The van der Waals surface area contributed by atoms with E-state index >= 15 is 0 Å². The van der Waals surface area contributed by atoms with Crippen LogP contribution in [0.4, 0.5) is 0 Å². The molecule has 1 fully saturated rings. The first-order chi connectivity index (χ1) is 10.1. The molecule has 1 aromatic rings. The number of hydrogen-bond donors (Lipinski definition) is 2. The van der Waals surface area contributed by atoms with Gasteiger partial charge in [-0.2, -0.15) is 0 Å². The second kappa shape index (κ2) is 7.89. The highest BCUT2D eigenvalue weighted by Gasteiger charge is 2.18. The van der Waals surface area contributed by atoms with Gasteiger partial charge in [0.05, 0.1) is 4.90 Å². The van der Waals surface area contributed by atoms with Crippen LogP contribution in [-0.2, 0) is 21.3 Å². The van der Waals surface area contributed by atoms with Crippen LogP contribution < -0.4 is 10.0 Å². The third kappa shape index (κ3) is 5.07. The zero-order chi connectivity index (χ0) is 15.1. The number of nitrogens with one attached hydrogen (secondary N) is 2. The van der Waals surface area contributed by atoms with Crippen LogP contribution in [0.5, 0.6) is 0 Å². The van der Waals surface area contributed by atoms with Crippen molar-refractivity contribution in [2.45, 2.75) is 31.2 Å². The van der Waals surface area contributed by atoms with Gasteiger partial charge in [0, 0.05) is 26.3 Å². The Labute approximate surface area is 127 Å². The van der Waals surface area contributed by atoms with Crippen LogP contribution in [0.1, 0.15) is 25.3 Å². The van der Waals surface area contributed by atoms with E-state index in [9.17, 15) is 8.42 Å². The molecular weight excluding hydrogens is 288 g/mol. The maximum Gasteiger partial charge on any atom is 0.240 e. The molecule has 1 saturated heterocycles. The number of rotatable bonds is 8. The van der Waals surface area contributed by atoms with E-state index in [0.29, 0.717) is 23.9 Å². The van der Waals surface area contributed by atoms with Crippen LogP contribution in [0.2, 0.25) is 0 Å². The summed E-state index contributed by atoms with van der Waals surface area (Å²) in [7, 11) is -3.42. The zero-order valence-corrected chi connectivity index (χ0v) is 13.3. The molecule has 2 N–H and O–H groups in total. The molecule has 6 heteroatoms. The second-order valence-corrected chi connectivity index (χ2v) is 7.11. The lowest BCUT2D eigenvalue weighted by Crippen LogP contribution is -2.26. The van der Waals surface area contributed by atoms with Crippen molar-refractivity contribution >= 4 is 10.0 Å². The van der Waals surface area contributed by atoms with Gasteiger partial charge in [0.15, 0.2) is 0 Å². The summed E-state index contributed by atoms with van der Waals surface area (Å²) in [5.74, 6) is 0.479. The average Bonchev–Trinajstić information content (AvgIpc) is 2.98. The summed E-state index contributed by atoms with van der Waals surface area (Å²) in [5.41, 5.74) is 0.976. The normalized spacial score (nSPS) is 19.0.